The summed E-state index contributed by atoms with van der Waals surface area (Å²) in [7, 11) is -3.15. The second-order valence-electron chi connectivity index (χ2n) is 20.8. The normalized spacial score (nSPS) is 15.5. The lowest BCUT2D eigenvalue weighted by Gasteiger charge is -2.22. The molecular weight excluding hydrogens is 1200 g/mol. The number of nitrogens with zero attached hydrogens (tertiary/aromatic N) is 6. The van der Waals surface area contributed by atoms with E-state index >= 15 is 0 Å². The summed E-state index contributed by atoms with van der Waals surface area (Å²) in [5.74, 6) is 4.69. The molecule has 91 heavy (non-hydrogen) atoms. The minimum Gasteiger partial charge on any atom is -0.491 e. The number of carbonyl (C=O) groups excluding carboxylic acids is 4. The van der Waals surface area contributed by atoms with Gasteiger partial charge >= 0.3 is 13.5 Å². The van der Waals surface area contributed by atoms with Crippen LogP contribution in [-0.4, -0.2) is 159 Å². The van der Waals surface area contributed by atoms with Crippen LogP contribution in [0.5, 0.6) is 5.75 Å². The highest BCUT2D eigenvalue weighted by Gasteiger charge is 2.40. The van der Waals surface area contributed by atoms with Crippen molar-refractivity contribution in [3.05, 3.63) is 143 Å². The summed E-state index contributed by atoms with van der Waals surface area (Å²) in [5.41, 5.74) is 14.2. The van der Waals surface area contributed by atoms with Gasteiger partial charge in [-0.05, 0) is 107 Å². The molecule has 0 spiro atoms. The number of carbonyl (C=O) groups is 4. The van der Waals surface area contributed by atoms with E-state index in [2.05, 4.69) is 69.8 Å². The molecule has 1 aromatic heterocycles. The molecule has 4 aromatic rings. The number of phosphoric acid groups is 1. The first-order valence-corrected chi connectivity index (χ1v) is 31.1. The topological polar surface area (TPSA) is 371 Å². The van der Waals surface area contributed by atoms with E-state index in [1.165, 1.54) is 6.07 Å². The van der Waals surface area contributed by atoms with Gasteiger partial charge in [-0.3, -0.25) is 43.0 Å². The van der Waals surface area contributed by atoms with E-state index in [0.29, 0.717) is 43.0 Å². The Morgan fingerprint density at radius 1 is 0.956 bits per heavy atom. The van der Waals surface area contributed by atoms with Crippen LogP contribution in [0.1, 0.15) is 90.6 Å². The number of ether oxygens (including phenoxy) is 6. The maximum Gasteiger partial charge on any atom is 0.469 e. The number of fused-ring (bicyclic) bond motifs is 2. The molecule has 3 aliphatic rings. The van der Waals surface area contributed by atoms with Crippen molar-refractivity contribution in [2.45, 2.75) is 91.8 Å². The highest BCUT2D eigenvalue weighted by Crippen LogP contribution is 2.43. The first-order valence-electron chi connectivity index (χ1n) is 29.6. The van der Waals surface area contributed by atoms with Crippen LogP contribution in [0.15, 0.2) is 103 Å². The molecular formula is C62H76N11O17P. The zero-order chi connectivity index (χ0) is 65.6. The first kappa shape index (κ1) is 69.8. The SMILES string of the molecule is CC/N=c1/cc2oc3cc(NCC)c(C)cc3c(-c3ccccc3C(=O)N(C)CCCC(=O)NCCNC(=O)c3cccc(OCC(N=[N+]=[N-])OCCOCC(=O)NCC#Cc4cn([C@H]5CC(O[C@@H](C)OCC)[C@@H](COP(=O)(O)O)O5)c(=O)[nH]c4=O)c3)c-2cc1C. The molecule has 0 bridgehead atoms. The Balaban J connectivity index is 0.806. The molecule has 4 amide bonds. The van der Waals surface area contributed by atoms with Gasteiger partial charge in [-0.25, -0.2) is 9.36 Å². The molecule has 1 fully saturated rings. The zero-order valence-electron chi connectivity index (χ0n) is 51.6. The van der Waals surface area contributed by atoms with Crippen LogP contribution >= 0.6 is 7.82 Å². The van der Waals surface area contributed by atoms with E-state index in [1.807, 2.05) is 64.1 Å². The van der Waals surface area contributed by atoms with Gasteiger partial charge in [0.05, 0.1) is 37.8 Å². The average molecular weight is 1280 g/mol. The lowest BCUT2D eigenvalue weighted by molar-refractivity contribution is -0.172. The monoisotopic (exact) mass is 1280 g/mol. The van der Waals surface area contributed by atoms with Gasteiger partial charge in [-0.15, -0.1) is 0 Å². The van der Waals surface area contributed by atoms with E-state index in [4.69, 9.17) is 38.4 Å². The van der Waals surface area contributed by atoms with E-state index < -0.39 is 75.1 Å². The molecule has 1 aliphatic carbocycles. The Morgan fingerprint density at radius 2 is 1.75 bits per heavy atom. The number of aryl methyl sites for hydroxylation is 2. The van der Waals surface area contributed by atoms with Crippen molar-refractivity contribution in [3.63, 3.8) is 0 Å². The van der Waals surface area contributed by atoms with Gasteiger partial charge in [0, 0.05) is 116 Å². The Hall–Kier alpha value is -8.71. The lowest BCUT2D eigenvalue weighted by atomic mass is 9.89. The van der Waals surface area contributed by atoms with Crippen LogP contribution in [0.25, 0.3) is 43.9 Å². The van der Waals surface area contributed by atoms with Crippen molar-refractivity contribution >= 4 is 48.1 Å². The number of phosphoric ester groups is 1. The molecule has 1 saturated heterocycles. The summed E-state index contributed by atoms with van der Waals surface area (Å²) in [6.45, 7) is 12.1. The van der Waals surface area contributed by atoms with E-state index in [0.717, 1.165) is 61.6 Å². The van der Waals surface area contributed by atoms with Gasteiger partial charge in [0.15, 0.2) is 12.5 Å². The van der Waals surface area contributed by atoms with E-state index in [9.17, 15) is 43.1 Å². The third kappa shape index (κ3) is 20.1. The number of nitrogens with one attached hydrogen (secondary N) is 5. The molecule has 7 N–H and O–H groups in total. The fraction of sp³-hybridized carbons (Fsp3) is 0.435. The fourth-order valence-corrected chi connectivity index (χ4v) is 10.2. The number of aromatic amines is 1. The van der Waals surface area contributed by atoms with Gasteiger partial charge in [-0.2, -0.15) is 0 Å². The maximum atomic E-state index is 14.3. The highest BCUT2D eigenvalue weighted by atomic mass is 31.2. The Morgan fingerprint density at radius 3 is 2.51 bits per heavy atom. The van der Waals surface area contributed by atoms with Gasteiger partial charge in [0.2, 0.25) is 11.8 Å². The molecule has 7 rings (SSSR count). The van der Waals surface area contributed by atoms with Crippen LogP contribution in [0.3, 0.4) is 0 Å². The number of amides is 4. The minimum absolute atomic E-state index is 0.0203. The second-order valence-corrected chi connectivity index (χ2v) is 22.1. The predicted molar refractivity (Wildman–Crippen MR) is 335 cm³/mol. The van der Waals surface area contributed by atoms with E-state index in [1.54, 1.807) is 44.0 Å². The number of hydrogen-bond donors (Lipinski definition) is 7. The van der Waals surface area contributed by atoms with Crippen molar-refractivity contribution in [1.82, 2.24) is 30.4 Å². The highest BCUT2D eigenvalue weighted by molar-refractivity contribution is 7.46. The quantitative estimate of drug-likeness (QED) is 0.00383. The molecule has 486 valence electrons. The Bertz CT molecular complexity index is 3870. The number of hydrogen-bond acceptors (Lipinski definition) is 18. The average Bonchev–Trinajstić information content (AvgIpc) is 1.20. The van der Waals surface area contributed by atoms with Gasteiger partial charge in [0.25, 0.3) is 17.4 Å². The molecule has 3 heterocycles. The fourth-order valence-electron chi connectivity index (χ4n) is 9.89. The van der Waals surface area contributed by atoms with E-state index in [-0.39, 0.29) is 81.0 Å². The van der Waals surface area contributed by atoms with Crippen LogP contribution in [-0.2, 0) is 42.4 Å². The molecule has 5 atom stereocenters. The Kier molecular flexibility index (Phi) is 26.0. The van der Waals surface area contributed by atoms with Gasteiger partial charge in [-0.1, -0.05) is 41.2 Å². The number of anilines is 1. The van der Waals surface area contributed by atoms with Crippen molar-refractivity contribution in [1.29, 1.82) is 0 Å². The molecule has 0 radical (unpaired) electrons. The minimum atomic E-state index is -4.87. The van der Waals surface area contributed by atoms with Crippen molar-refractivity contribution in [2.24, 2.45) is 10.1 Å². The summed E-state index contributed by atoms with van der Waals surface area (Å²) < 4.78 is 57.4. The number of aromatic nitrogens is 2. The third-order valence-electron chi connectivity index (χ3n) is 14.2. The first-order chi connectivity index (χ1) is 43.7. The molecule has 2 unspecified atom stereocenters. The largest absolute Gasteiger partial charge is 0.491 e. The zero-order valence-corrected chi connectivity index (χ0v) is 52.5. The van der Waals surface area contributed by atoms with Gasteiger partial charge < -0.3 is 68.8 Å². The maximum absolute atomic E-state index is 14.3. The number of azide groups is 1. The number of rotatable bonds is 32. The summed E-state index contributed by atoms with van der Waals surface area (Å²) >= 11 is 0. The number of benzene rings is 4. The number of H-pyrrole nitrogens is 1. The summed E-state index contributed by atoms with van der Waals surface area (Å²) in [6, 6.07) is 21.9. The molecule has 3 aromatic carbocycles. The molecule has 29 heteroatoms. The van der Waals surface area contributed by atoms with Crippen LogP contribution < -0.4 is 42.6 Å². The smallest absolute Gasteiger partial charge is 0.469 e. The molecule has 0 saturated carbocycles. The van der Waals surface area contributed by atoms with Crippen LogP contribution in [0, 0.1) is 25.7 Å². The predicted octanol–water partition coefficient (Wildman–Crippen LogP) is 5.80. The Labute approximate surface area is 524 Å². The van der Waals surface area contributed by atoms with Crippen molar-refractivity contribution in [2.75, 3.05) is 91.3 Å². The van der Waals surface area contributed by atoms with Gasteiger partial charge in [0.1, 0.15) is 48.2 Å². The van der Waals surface area contributed by atoms with Crippen molar-refractivity contribution < 1.29 is 70.9 Å². The van der Waals surface area contributed by atoms with Crippen LogP contribution in [0.4, 0.5) is 5.69 Å². The molecule has 28 nitrogen and oxygen atoms in total. The van der Waals surface area contributed by atoms with Crippen LogP contribution in [0.2, 0.25) is 0 Å². The summed E-state index contributed by atoms with van der Waals surface area (Å²) in [6.07, 6.45) is -3.02. The summed E-state index contributed by atoms with van der Waals surface area (Å²) in [5, 5.41) is 16.8. The second kappa shape index (κ2) is 33.9. The molecule has 2 aliphatic heterocycles. The van der Waals surface area contributed by atoms with Crippen molar-refractivity contribution in [3.8, 4) is 40.0 Å². The third-order valence-corrected chi connectivity index (χ3v) is 14.6. The summed E-state index contributed by atoms with van der Waals surface area (Å²) in [4.78, 5) is 108. The lowest BCUT2D eigenvalue weighted by Crippen LogP contribution is -2.35. The standard InChI is InChI=1S/C62H76N11O17P/c1-8-64-48-31-50-46(28-38(48)4)58(47-29-39(5)49(65-9-2)32-51(47)89-50)44-19-11-12-20-45(44)61(78)72(7)25-15-21-54(74)67-23-24-68-59(76)41-16-13-18-43(30-41)86-37-56(70-71-63)85-27-26-83-36-55(75)66-22-14-17-42-34-73(62(79)69-60(42)77)57-33-52(88-40(6)84-10-3)53(90-57)35-87-91(80,81)82/h11-13,16,18-20,28-32,34,40,52-53,56-57,64H,8-10,15,21-27,33,35-37H2,1-7H3,(H,66,75)(H,67,74)(H,68,76)(H,69,77,79)(H2,80,81,82)/b65-49-/t40-,52?,53+,56?,57+/m0/s1.